The summed E-state index contributed by atoms with van der Waals surface area (Å²) in [5.41, 5.74) is 1.49. The van der Waals surface area contributed by atoms with E-state index in [9.17, 15) is 13.5 Å². The van der Waals surface area contributed by atoms with Crippen molar-refractivity contribution >= 4 is 10.0 Å². The van der Waals surface area contributed by atoms with E-state index in [0.29, 0.717) is 30.8 Å². The Kier molecular flexibility index (Phi) is 3.36. The van der Waals surface area contributed by atoms with Crippen molar-refractivity contribution in [3.8, 4) is 0 Å². The van der Waals surface area contributed by atoms with Crippen molar-refractivity contribution in [1.29, 1.82) is 0 Å². The third kappa shape index (κ3) is 2.48. The summed E-state index contributed by atoms with van der Waals surface area (Å²) in [7, 11) is -3.44. The number of hydrogen-bond donors (Lipinski definition) is 2. The lowest BCUT2D eigenvalue weighted by Gasteiger charge is -2.35. The second-order valence-electron chi connectivity index (χ2n) is 5.94. The van der Waals surface area contributed by atoms with Crippen LogP contribution in [0.4, 0.5) is 0 Å². The zero-order valence-corrected chi connectivity index (χ0v) is 12.4. The molecule has 20 heavy (non-hydrogen) atoms. The lowest BCUT2D eigenvalue weighted by molar-refractivity contribution is 0.0126. The van der Waals surface area contributed by atoms with Gasteiger partial charge in [-0.3, -0.25) is 0 Å². The van der Waals surface area contributed by atoms with E-state index in [1.807, 2.05) is 6.07 Å². The maximum absolute atomic E-state index is 12.6. The minimum absolute atomic E-state index is 0.362. The third-order valence-corrected chi connectivity index (χ3v) is 6.14. The summed E-state index contributed by atoms with van der Waals surface area (Å²) in [5, 5.41) is 13.1. The third-order valence-electron chi connectivity index (χ3n) is 4.25. The summed E-state index contributed by atoms with van der Waals surface area (Å²) < 4.78 is 26.7. The molecule has 0 radical (unpaired) electrons. The van der Waals surface area contributed by atoms with Crippen LogP contribution in [0.5, 0.6) is 0 Å². The summed E-state index contributed by atoms with van der Waals surface area (Å²) in [6.45, 7) is 4.06. The molecule has 6 heteroatoms. The van der Waals surface area contributed by atoms with Crippen LogP contribution in [-0.2, 0) is 23.1 Å². The summed E-state index contributed by atoms with van der Waals surface area (Å²) in [6, 6.07) is 5.35. The molecular weight excluding hydrogens is 276 g/mol. The van der Waals surface area contributed by atoms with Crippen molar-refractivity contribution in [1.82, 2.24) is 9.62 Å². The van der Waals surface area contributed by atoms with Gasteiger partial charge >= 0.3 is 0 Å². The molecule has 3 rings (SSSR count). The molecule has 2 heterocycles. The summed E-state index contributed by atoms with van der Waals surface area (Å²) in [4.78, 5) is 0.362. The van der Waals surface area contributed by atoms with E-state index < -0.39 is 15.6 Å². The van der Waals surface area contributed by atoms with E-state index in [1.165, 1.54) is 9.87 Å². The van der Waals surface area contributed by atoms with Gasteiger partial charge in [0.15, 0.2) is 0 Å². The van der Waals surface area contributed by atoms with Crippen molar-refractivity contribution < 1.29 is 13.5 Å². The molecule has 1 aromatic rings. The van der Waals surface area contributed by atoms with E-state index >= 15 is 0 Å². The van der Waals surface area contributed by atoms with Crippen LogP contribution in [-0.4, -0.2) is 36.5 Å². The monoisotopic (exact) mass is 296 g/mol. The topological polar surface area (TPSA) is 69.6 Å². The predicted octanol–water partition coefficient (Wildman–Crippen LogP) is 0.825. The Morgan fingerprint density at radius 1 is 1.20 bits per heavy atom. The number of fused-ring (bicyclic) bond motifs is 1. The zero-order chi connectivity index (χ0) is 14.4. The second-order valence-corrected chi connectivity index (χ2v) is 7.87. The molecule has 1 fully saturated rings. The normalized spacial score (nSPS) is 22.7. The average molecular weight is 296 g/mol. The van der Waals surface area contributed by atoms with Crippen molar-refractivity contribution in [3.63, 3.8) is 0 Å². The van der Waals surface area contributed by atoms with Gasteiger partial charge in [0.05, 0.1) is 10.5 Å². The van der Waals surface area contributed by atoms with Crippen LogP contribution in [0.3, 0.4) is 0 Å². The molecule has 0 atom stereocenters. The smallest absolute Gasteiger partial charge is 0.243 e. The number of benzene rings is 1. The van der Waals surface area contributed by atoms with Crippen molar-refractivity contribution in [3.05, 3.63) is 29.3 Å². The molecule has 0 unspecified atom stereocenters. The first-order chi connectivity index (χ1) is 9.38. The Morgan fingerprint density at radius 3 is 2.55 bits per heavy atom. The molecule has 2 aliphatic heterocycles. The molecule has 1 saturated heterocycles. The lowest BCUT2D eigenvalue weighted by atomic mass is 9.95. The predicted molar refractivity (Wildman–Crippen MR) is 75.6 cm³/mol. The van der Waals surface area contributed by atoms with E-state index in [1.54, 1.807) is 19.1 Å². The molecule has 2 N–H and O–H groups in total. The first-order valence-electron chi connectivity index (χ1n) is 6.94. The highest BCUT2D eigenvalue weighted by molar-refractivity contribution is 7.89. The molecule has 0 amide bonds. The highest BCUT2D eigenvalue weighted by Crippen LogP contribution is 2.27. The Morgan fingerprint density at radius 2 is 1.85 bits per heavy atom. The molecule has 0 saturated carbocycles. The number of sulfonamides is 1. The number of nitrogens with zero attached hydrogens (tertiary/aromatic N) is 1. The Bertz CT molecular complexity index is 615. The molecular formula is C14H20N2O3S. The molecule has 2 aliphatic rings. The van der Waals surface area contributed by atoms with Crippen LogP contribution in [0.2, 0.25) is 0 Å². The van der Waals surface area contributed by atoms with Crippen LogP contribution < -0.4 is 5.32 Å². The Hall–Kier alpha value is -0.950. The molecule has 0 aliphatic carbocycles. The molecule has 1 aromatic carbocycles. The first-order valence-corrected chi connectivity index (χ1v) is 8.38. The van der Waals surface area contributed by atoms with Gasteiger partial charge in [-0.2, -0.15) is 4.31 Å². The van der Waals surface area contributed by atoms with Gasteiger partial charge in [-0.15, -0.1) is 0 Å². The number of aliphatic hydroxyl groups is 1. The fourth-order valence-electron chi connectivity index (χ4n) is 2.79. The molecule has 0 bridgehead atoms. The number of nitrogens with one attached hydrogen (secondary N) is 1. The minimum Gasteiger partial charge on any atom is -0.390 e. The average Bonchev–Trinajstić information content (AvgIpc) is 2.85. The van der Waals surface area contributed by atoms with Crippen molar-refractivity contribution in [2.24, 2.45) is 0 Å². The van der Waals surface area contributed by atoms with Crippen LogP contribution >= 0.6 is 0 Å². The largest absolute Gasteiger partial charge is 0.390 e. The highest BCUT2D eigenvalue weighted by Gasteiger charge is 2.34. The maximum atomic E-state index is 12.6. The van der Waals surface area contributed by atoms with Crippen LogP contribution in [0.15, 0.2) is 23.1 Å². The van der Waals surface area contributed by atoms with E-state index in [4.69, 9.17) is 0 Å². The first kappa shape index (κ1) is 14.0. The van der Waals surface area contributed by atoms with Crippen LogP contribution in [0, 0.1) is 0 Å². The number of piperidine rings is 1. The van der Waals surface area contributed by atoms with Gasteiger partial charge in [0.2, 0.25) is 10.0 Å². The van der Waals surface area contributed by atoms with Gasteiger partial charge in [0, 0.05) is 26.2 Å². The summed E-state index contributed by atoms with van der Waals surface area (Å²) in [6.07, 6.45) is 0.970. The van der Waals surface area contributed by atoms with Gasteiger partial charge < -0.3 is 10.4 Å². The van der Waals surface area contributed by atoms with Crippen molar-refractivity contribution in [2.45, 2.75) is 43.4 Å². The number of hydrogen-bond acceptors (Lipinski definition) is 4. The van der Waals surface area contributed by atoms with Gasteiger partial charge in [0.1, 0.15) is 0 Å². The molecule has 0 spiro atoms. The summed E-state index contributed by atoms with van der Waals surface area (Å²) in [5.74, 6) is 0. The molecule has 5 nitrogen and oxygen atoms in total. The fraction of sp³-hybridized carbons (Fsp3) is 0.571. The lowest BCUT2D eigenvalue weighted by Crippen LogP contribution is -2.45. The Balaban J connectivity index is 1.85. The van der Waals surface area contributed by atoms with Crippen LogP contribution in [0.25, 0.3) is 0 Å². The quantitative estimate of drug-likeness (QED) is 0.848. The summed E-state index contributed by atoms with van der Waals surface area (Å²) >= 11 is 0. The van der Waals surface area contributed by atoms with E-state index in [-0.39, 0.29) is 0 Å². The SMILES string of the molecule is CC1(O)CCN(S(=O)(=O)c2ccc3c(c2)CNC3)CC1. The Labute approximate surface area is 119 Å². The van der Waals surface area contributed by atoms with Crippen molar-refractivity contribution in [2.75, 3.05) is 13.1 Å². The standard InChI is InChI=1S/C14H20N2O3S/c1-14(17)4-6-16(7-5-14)20(18,19)13-3-2-11-9-15-10-12(11)8-13/h2-3,8,15,17H,4-7,9-10H2,1H3. The fourth-order valence-corrected chi connectivity index (χ4v) is 4.28. The number of rotatable bonds is 2. The van der Waals surface area contributed by atoms with E-state index in [2.05, 4.69) is 5.32 Å². The zero-order valence-electron chi connectivity index (χ0n) is 11.6. The molecule has 110 valence electrons. The van der Waals surface area contributed by atoms with Gasteiger partial charge in [-0.1, -0.05) is 6.07 Å². The maximum Gasteiger partial charge on any atom is 0.243 e. The van der Waals surface area contributed by atoms with E-state index in [0.717, 1.165) is 18.7 Å². The van der Waals surface area contributed by atoms with Crippen LogP contribution in [0.1, 0.15) is 30.9 Å². The minimum atomic E-state index is -3.44. The van der Waals surface area contributed by atoms with Gasteiger partial charge in [-0.05, 0) is 43.0 Å². The molecule has 0 aromatic heterocycles. The highest BCUT2D eigenvalue weighted by atomic mass is 32.2. The second kappa shape index (κ2) is 4.80. The van der Waals surface area contributed by atoms with Gasteiger partial charge in [0.25, 0.3) is 0 Å². The van der Waals surface area contributed by atoms with Gasteiger partial charge in [-0.25, -0.2) is 8.42 Å².